The van der Waals surface area contributed by atoms with E-state index in [2.05, 4.69) is 24.9 Å². The molecule has 17 heavy (non-hydrogen) atoms. The lowest BCUT2D eigenvalue weighted by Crippen LogP contribution is -2.14. The van der Waals surface area contributed by atoms with Crippen LogP contribution in [0.4, 0.5) is 5.69 Å². The fraction of sp³-hybridized carbons (Fsp3) is 0.222. The molecule has 2 aromatic heterocycles. The number of aromatic amines is 1. The van der Waals surface area contributed by atoms with Crippen LogP contribution >= 0.6 is 0 Å². The zero-order valence-corrected chi connectivity index (χ0v) is 10.1. The molecule has 0 aromatic carbocycles. The van der Waals surface area contributed by atoms with E-state index in [0.29, 0.717) is 17.1 Å². The second-order valence-corrected chi connectivity index (χ2v) is 5.12. The van der Waals surface area contributed by atoms with Gasteiger partial charge in [-0.2, -0.15) is 5.10 Å². The first-order valence-corrected chi connectivity index (χ1v) is 6.28. The third kappa shape index (κ3) is 2.26. The number of sulfonamides is 1. The molecule has 0 radical (unpaired) electrons. The first-order valence-electron chi connectivity index (χ1n) is 4.80. The molecule has 0 aliphatic heterocycles. The standard InChI is InChI=1S/C9H11N5O2S/c1-6-9(7(2)13-12-6)17(15,16)14-8-3-10-5-11-4-8/h3-5,14H,1-2H3,(H,12,13). The second-order valence-electron chi connectivity index (χ2n) is 3.50. The molecule has 2 aromatic rings. The number of nitrogens with one attached hydrogen (secondary N) is 2. The van der Waals surface area contributed by atoms with Crippen molar-refractivity contribution in [1.29, 1.82) is 0 Å². The number of H-pyrrole nitrogens is 1. The Morgan fingerprint density at radius 2 is 1.88 bits per heavy atom. The highest BCUT2D eigenvalue weighted by atomic mass is 32.2. The Labute approximate surface area is 98.4 Å². The van der Waals surface area contributed by atoms with Gasteiger partial charge in [-0.15, -0.1) is 0 Å². The summed E-state index contributed by atoms with van der Waals surface area (Å²) in [4.78, 5) is 7.62. The van der Waals surface area contributed by atoms with Crippen molar-refractivity contribution in [3.8, 4) is 0 Å². The van der Waals surface area contributed by atoms with Gasteiger partial charge in [-0.3, -0.25) is 9.82 Å². The fourth-order valence-electron chi connectivity index (χ4n) is 1.49. The summed E-state index contributed by atoms with van der Waals surface area (Å²) in [5.41, 5.74) is 1.23. The predicted octanol–water partition coefficient (Wildman–Crippen LogP) is 0.617. The van der Waals surface area contributed by atoms with Gasteiger partial charge in [0, 0.05) is 0 Å². The first kappa shape index (κ1) is 11.5. The average Bonchev–Trinajstić information content (AvgIpc) is 2.59. The van der Waals surface area contributed by atoms with Crippen molar-refractivity contribution >= 4 is 15.7 Å². The number of anilines is 1. The van der Waals surface area contributed by atoms with Gasteiger partial charge in [0.05, 0.1) is 29.5 Å². The van der Waals surface area contributed by atoms with Gasteiger partial charge < -0.3 is 0 Å². The van der Waals surface area contributed by atoms with Crippen LogP contribution < -0.4 is 4.72 Å². The first-order chi connectivity index (χ1) is 8.00. The normalized spacial score (nSPS) is 11.4. The molecule has 8 heteroatoms. The largest absolute Gasteiger partial charge is 0.281 e. The minimum Gasteiger partial charge on any atom is -0.281 e. The molecule has 0 amide bonds. The Hall–Kier alpha value is -1.96. The maximum absolute atomic E-state index is 12.1. The van der Waals surface area contributed by atoms with Crippen LogP contribution in [-0.2, 0) is 10.0 Å². The maximum atomic E-state index is 12.1. The molecule has 2 N–H and O–H groups in total. The van der Waals surface area contributed by atoms with E-state index in [9.17, 15) is 8.42 Å². The van der Waals surface area contributed by atoms with E-state index >= 15 is 0 Å². The molecule has 0 saturated heterocycles. The molecule has 90 valence electrons. The van der Waals surface area contributed by atoms with Crippen molar-refractivity contribution < 1.29 is 8.42 Å². The number of rotatable bonds is 3. The number of aryl methyl sites for hydroxylation is 2. The van der Waals surface area contributed by atoms with E-state index in [4.69, 9.17) is 0 Å². The number of nitrogens with zero attached hydrogens (tertiary/aromatic N) is 3. The molecular formula is C9H11N5O2S. The molecule has 7 nitrogen and oxygen atoms in total. The highest BCUT2D eigenvalue weighted by Gasteiger charge is 2.22. The molecule has 0 aliphatic rings. The molecule has 0 spiro atoms. The SMILES string of the molecule is Cc1n[nH]c(C)c1S(=O)(=O)Nc1cncnc1. The van der Waals surface area contributed by atoms with Gasteiger partial charge in [0.15, 0.2) is 0 Å². The molecular weight excluding hydrogens is 242 g/mol. The molecule has 0 unspecified atom stereocenters. The fourth-order valence-corrected chi connectivity index (χ4v) is 2.90. The van der Waals surface area contributed by atoms with Crippen LogP contribution in [0.2, 0.25) is 0 Å². The minimum absolute atomic E-state index is 0.154. The predicted molar refractivity (Wildman–Crippen MR) is 60.9 cm³/mol. The lowest BCUT2D eigenvalue weighted by molar-refractivity contribution is 0.600. The van der Waals surface area contributed by atoms with Crippen molar-refractivity contribution in [2.75, 3.05) is 4.72 Å². The van der Waals surface area contributed by atoms with Crippen LogP contribution in [0.1, 0.15) is 11.4 Å². The monoisotopic (exact) mass is 253 g/mol. The molecule has 0 saturated carbocycles. The lowest BCUT2D eigenvalue weighted by atomic mass is 10.4. The Kier molecular flexibility index (Phi) is 2.80. The van der Waals surface area contributed by atoms with Crippen LogP contribution in [0, 0.1) is 13.8 Å². The zero-order valence-electron chi connectivity index (χ0n) is 9.30. The van der Waals surface area contributed by atoms with Crippen molar-refractivity contribution in [2.24, 2.45) is 0 Å². The molecule has 0 atom stereocenters. The Morgan fingerprint density at radius 3 is 2.41 bits per heavy atom. The molecule has 0 fully saturated rings. The lowest BCUT2D eigenvalue weighted by Gasteiger charge is -2.06. The summed E-state index contributed by atoms with van der Waals surface area (Å²) in [7, 11) is -3.66. The van der Waals surface area contributed by atoms with E-state index in [1.807, 2.05) is 0 Å². The minimum atomic E-state index is -3.66. The quantitative estimate of drug-likeness (QED) is 0.835. The highest BCUT2D eigenvalue weighted by molar-refractivity contribution is 7.92. The maximum Gasteiger partial charge on any atom is 0.265 e. The number of hydrogen-bond acceptors (Lipinski definition) is 5. The summed E-state index contributed by atoms with van der Waals surface area (Å²) in [5.74, 6) is 0. The van der Waals surface area contributed by atoms with Gasteiger partial charge in [0.25, 0.3) is 10.0 Å². The van der Waals surface area contributed by atoms with Crippen molar-refractivity contribution in [1.82, 2.24) is 20.2 Å². The van der Waals surface area contributed by atoms with Crippen LogP contribution in [-0.4, -0.2) is 28.6 Å². The van der Waals surface area contributed by atoms with Gasteiger partial charge >= 0.3 is 0 Å². The zero-order chi connectivity index (χ0) is 12.5. The summed E-state index contributed by atoms with van der Waals surface area (Å²) >= 11 is 0. The van der Waals surface area contributed by atoms with Crippen LogP contribution in [0.25, 0.3) is 0 Å². The van der Waals surface area contributed by atoms with Crippen molar-refractivity contribution in [3.63, 3.8) is 0 Å². The van der Waals surface area contributed by atoms with Gasteiger partial charge in [-0.25, -0.2) is 18.4 Å². The molecule has 0 bridgehead atoms. The van der Waals surface area contributed by atoms with E-state index in [1.165, 1.54) is 18.7 Å². The van der Waals surface area contributed by atoms with Crippen LogP contribution in [0.15, 0.2) is 23.6 Å². The van der Waals surface area contributed by atoms with Crippen molar-refractivity contribution in [3.05, 3.63) is 30.1 Å². The average molecular weight is 253 g/mol. The number of aromatic nitrogens is 4. The van der Waals surface area contributed by atoms with Gasteiger partial charge in [-0.05, 0) is 13.8 Å². The van der Waals surface area contributed by atoms with Crippen LogP contribution in [0.5, 0.6) is 0 Å². The van der Waals surface area contributed by atoms with Crippen LogP contribution in [0.3, 0.4) is 0 Å². The number of hydrogen-bond donors (Lipinski definition) is 2. The Morgan fingerprint density at radius 1 is 1.24 bits per heavy atom. The highest BCUT2D eigenvalue weighted by Crippen LogP contribution is 2.19. The second kappa shape index (κ2) is 4.13. The Balaban J connectivity index is 2.39. The van der Waals surface area contributed by atoms with E-state index < -0.39 is 10.0 Å². The summed E-state index contributed by atoms with van der Waals surface area (Å²) in [6.45, 7) is 3.27. The van der Waals surface area contributed by atoms with Gasteiger partial charge in [0.1, 0.15) is 11.2 Å². The topological polar surface area (TPSA) is 101 Å². The van der Waals surface area contributed by atoms with Crippen molar-refractivity contribution in [2.45, 2.75) is 18.7 Å². The molecule has 2 rings (SSSR count). The third-order valence-electron chi connectivity index (χ3n) is 2.14. The summed E-state index contributed by atoms with van der Waals surface area (Å²) < 4.78 is 26.5. The van der Waals surface area contributed by atoms with Gasteiger partial charge in [-0.1, -0.05) is 0 Å². The summed E-state index contributed by atoms with van der Waals surface area (Å²) in [6, 6.07) is 0. The van der Waals surface area contributed by atoms with E-state index in [1.54, 1.807) is 13.8 Å². The molecule has 2 heterocycles. The summed E-state index contributed by atoms with van der Waals surface area (Å²) in [5, 5.41) is 6.48. The molecule has 0 aliphatic carbocycles. The smallest absolute Gasteiger partial charge is 0.265 e. The van der Waals surface area contributed by atoms with E-state index in [0.717, 1.165) is 0 Å². The van der Waals surface area contributed by atoms with Gasteiger partial charge in [0.2, 0.25) is 0 Å². The summed E-state index contributed by atoms with van der Waals surface area (Å²) in [6.07, 6.45) is 4.09. The Bertz CT molecular complexity index is 601. The third-order valence-corrected chi connectivity index (χ3v) is 3.79. The van der Waals surface area contributed by atoms with E-state index in [-0.39, 0.29) is 4.90 Å².